The summed E-state index contributed by atoms with van der Waals surface area (Å²) in [5.41, 5.74) is 0.878. The van der Waals surface area contributed by atoms with Crippen LogP contribution >= 0.6 is 11.6 Å². The van der Waals surface area contributed by atoms with E-state index in [-0.39, 0.29) is 0 Å². The average molecular weight is 265 g/mol. The number of anilines is 2. The predicted molar refractivity (Wildman–Crippen MR) is 70.7 cm³/mol. The van der Waals surface area contributed by atoms with Gasteiger partial charge in [0, 0.05) is 13.2 Å². The second kappa shape index (κ2) is 5.59. The quantitative estimate of drug-likeness (QED) is 0.878. The highest BCUT2D eigenvalue weighted by Gasteiger charge is 2.04. The first-order chi connectivity index (χ1) is 8.69. The van der Waals surface area contributed by atoms with Crippen LogP contribution in [0.15, 0.2) is 18.5 Å². The van der Waals surface area contributed by atoms with Gasteiger partial charge in [-0.2, -0.15) is 4.98 Å². The van der Waals surface area contributed by atoms with Gasteiger partial charge in [0.25, 0.3) is 0 Å². The van der Waals surface area contributed by atoms with E-state index in [1.807, 2.05) is 13.0 Å². The van der Waals surface area contributed by atoms with Crippen LogP contribution in [0.3, 0.4) is 0 Å². The first-order valence-corrected chi connectivity index (χ1v) is 5.79. The van der Waals surface area contributed by atoms with E-state index in [1.165, 1.54) is 0 Å². The third kappa shape index (κ3) is 3.04. The van der Waals surface area contributed by atoms with Gasteiger partial charge in [0.2, 0.25) is 5.95 Å². The van der Waals surface area contributed by atoms with Crippen molar-refractivity contribution in [2.75, 3.05) is 17.7 Å². The molecule has 0 saturated heterocycles. The van der Waals surface area contributed by atoms with E-state index in [9.17, 15) is 0 Å². The minimum absolute atomic E-state index is 0.472. The second-order valence-electron chi connectivity index (χ2n) is 3.59. The van der Waals surface area contributed by atoms with Crippen LogP contribution in [-0.2, 0) is 6.54 Å². The van der Waals surface area contributed by atoms with Crippen molar-refractivity contribution in [1.29, 1.82) is 0 Å². The molecule has 2 aromatic heterocycles. The maximum Gasteiger partial charge on any atom is 0.224 e. The molecule has 6 nitrogen and oxygen atoms in total. The lowest BCUT2D eigenvalue weighted by atomic mass is 10.4. The number of hydrogen-bond acceptors (Lipinski definition) is 6. The fourth-order valence-corrected chi connectivity index (χ4v) is 1.55. The van der Waals surface area contributed by atoms with Crippen LogP contribution < -0.4 is 10.6 Å². The zero-order valence-electron chi connectivity index (χ0n) is 10.1. The molecule has 0 fully saturated rings. The van der Waals surface area contributed by atoms with Gasteiger partial charge in [-0.15, -0.1) is 0 Å². The molecule has 2 rings (SSSR count). The minimum Gasteiger partial charge on any atom is -0.363 e. The lowest BCUT2D eigenvalue weighted by Crippen LogP contribution is -2.07. The Balaban J connectivity index is 2.10. The first-order valence-electron chi connectivity index (χ1n) is 5.41. The Morgan fingerprint density at radius 3 is 2.83 bits per heavy atom. The van der Waals surface area contributed by atoms with Crippen molar-refractivity contribution >= 4 is 23.4 Å². The standard InChI is InChI=1S/C11H13ClN6/c1-7-14-4-3-8(17-7)5-15-10-9(12)6-16-11(13-2)18-10/h3-4,6H,5H2,1-2H3,(H2,13,15,16,18). The van der Waals surface area contributed by atoms with Gasteiger partial charge in [-0.3, -0.25) is 0 Å². The predicted octanol–water partition coefficient (Wildman–Crippen LogP) is 1.88. The number of nitrogens with one attached hydrogen (secondary N) is 2. The lowest BCUT2D eigenvalue weighted by molar-refractivity contribution is 0.948. The largest absolute Gasteiger partial charge is 0.363 e. The summed E-state index contributed by atoms with van der Waals surface area (Å²) in [6.07, 6.45) is 3.27. The summed E-state index contributed by atoms with van der Waals surface area (Å²) in [4.78, 5) is 16.6. The Morgan fingerprint density at radius 2 is 2.11 bits per heavy atom. The summed E-state index contributed by atoms with van der Waals surface area (Å²) in [7, 11) is 1.75. The summed E-state index contributed by atoms with van der Waals surface area (Å²) in [5.74, 6) is 1.83. The van der Waals surface area contributed by atoms with E-state index in [0.717, 1.165) is 11.5 Å². The van der Waals surface area contributed by atoms with Gasteiger partial charge >= 0.3 is 0 Å². The zero-order valence-corrected chi connectivity index (χ0v) is 10.9. The number of aromatic nitrogens is 4. The molecule has 2 heterocycles. The summed E-state index contributed by atoms with van der Waals surface area (Å²) in [6, 6.07) is 1.84. The van der Waals surface area contributed by atoms with Gasteiger partial charge in [-0.25, -0.2) is 15.0 Å². The Hall–Kier alpha value is -1.95. The van der Waals surface area contributed by atoms with E-state index >= 15 is 0 Å². The van der Waals surface area contributed by atoms with Crippen molar-refractivity contribution in [3.8, 4) is 0 Å². The molecule has 0 bridgehead atoms. The molecule has 94 valence electrons. The highest BCUT2D eigenvalue weighted by atomic mass is 35.5. The SMILES string of the molecule is CNc1ncc(Cl)c(NCc2ccnc(C)n2)n1. The van der Waals surface area contributed by atoms with Crippen molar-refractivity contribution < 1.29 is 0 Å². The molecule has 0 aliphatic heterocycles. The van der Waals surface area contributed by atoms with Crippen molar-refractivity contribution in [3.63, 3.8) is 0 Å². The van der Waals surface area contributed by atoms with E-state index in [1.54, 1.807) is 19.4 Å². The molecule has 0 aliphatic rings. The van der Waals surface area contributed by atoms with E-state index < -0.39 is 0 Å². The molecule has 7 heteroatoms. The van der Waals surface area contributed by atoms with Crippen molar-refractivity contribution in [1.82, 2.24) is 19.9 Å². The Morgan fingerprint density at radius 1 is 1.28 bits per heavy atom. The van der Waals surface area contributed by atoms with Gasteiger partial charge in [-0.05, 0) is 13.0 Å². The number of nitrogens with zero attached hydrogens (tertiary/aromatic N) is 4. The summed E-state index contributed by atoms with van der Waals surface area (Å²) < 4.78 is 0. The number of hydrogen-bond donors (Lipinski definition) is 2. The van der Waals surface area contributed by atoms with Gasteiger partial charge in [-0.1, -0.05) is 11.6 Å². The molecule has 0 aliphatic carbocycles. The van der Waals surface area contributed by atoms with Crippen LogP contribution in [0.5, 0.6) is 0 Å². The molecule has 0 saturated carbocycles. The van der Waals surface area contributed by atoms with Crippen LogP contribution in [0.25, 0.3) is 0 Å². The monoisotopic (exact) mass is 264 g/mol. The molecule has 0 aromatic carbocycles. The Bertz CT molecular complexity index is 545. The topological polar surface area (TPSA) is 75.6 Å². The van der Waals surface area contributed by atoms with Crippen LogP contribution in [0.2, 0.25) is 5.02 Å². The fourth-order valence-electron chi connectivity index (χ4n) is 1.39. The van der Waals surface area contributed by atoms with E-state index in [4.69, 9.17) is 11.6 Å². The third-order valence-corrected chi connectivity index (χ3v) is 2.51. The molecule has 0 spiro atoms. The molecule has 0 amide bonds. The normalized spacial score (nSPS) is 10.2. The Labute approximate surface area is 110 Å². The molecule has 0 atom stereocenters. The van der Waals surface area contributed by atoms with Crippen LogP contribution in [0.4, 0.5) is 11.8 Å². The minimum atomic E-state index is 0.472. The molecular weight excluding hydrogens is 252 g/mol. The molecule has 18 heavy (non-hydrogen) atoms. The van der Waals surface area contributed by atoms with E-state index in [0.29, 0.717) is 23.3 Å². The van der Waals surface area contributed by atoms with Crippen molar-refractivity contribution in [2.45, 2.75) is 13.5 Å². The molecular formula is C11H13ClN6. The highest BCUT2D eigenvalue weighted by Crippen LogP contribution is 2.19. The number of rotatable bonds is 4. The summed E-state index contributed by atoms with van der Waals surface area (Å²) >= 11 is 6.00. The zero-order chi connectivity index (χ0) is 13.0. The second-order valence-corrected chi connectivity index (χ2v) is 4.00. The summed E-state index contributed by atoms with van der Waals surface area (Å²) in [6.45, 7) is 2.38. The average Bonchev–Trinajstić information content (AvgIpc) is 2.38. The molecule has 2 N–H and O–H groups in total. The first kappa shape index (κ1) is 12.5. The molecule has 0 unspecified atom stereocenters. The summed E-state index contributed by atoms with van der Waals surface area (Å²) in [5, 5.41) is 6.45. The number of halogens is 1. The fraction of sp³-hybridized carbons (Fsp3) is 0.273. The van der Waals surface area contributed by atoms with Crippen LogP contribution in [0.1, 0.15) is 11.5 Å². The lowest BCUT2D eigenvalue weighted by Gasteiger charge is -2.08. The molecule has 0 radical (unpaired) electrons. The van der Waals surface area contributed by atoms with Crippen LogP contribution in [-0.4, -0.2) is 27.0 Å². The Kier molecular flexibility index (Phi) is 3.88. The number of aryl methyl sites for hydroxylation is 1. The van der Waals surface area contributed by atoms with E-state index in [2.05, 4.69) is 30.6 Å². The van der Waals surface area contributed by atoms with Crippen LogP contribution in [0, 0.1) is 6.92 Å². The van der Waals surface area contributed by atoms with Gasteiger partial charge in [0.1, 0.15) is 10.8 Å². The third-order valence-electron chi connectivity index (χ3n) is 2.24. The van der Waals surface area contributed by atoms with Crippen molar-refractivity contribution in [3.05, 3.63) is 35.0 Å². The molecule has 2 aromatic rings. The van der Waals surface area contributed by atoms with Gasteiger partial charge < -0.3 is 10.6 Å². The maximum absolute atomic E-state index is 6.00. The van der Waals surface area contributed by atoms with Gasteiger partial charge in [0.05, 0.1) is 18.4 Å². The van der Waals surface area contributed by atoms with Crippen molar-refractivity contribution in [2.24, 2.45) is 0 Å². The smallest absolute Gasteiger partial charge is 0.224 e. The maximum atomic E-state index is 6.00. The van der Waals surface area contributed by atoms with Gasteiger partial charge in [0.15, 0.2) is 5.82 Å². The highest BCUT2D eigenvalue weighted by molar-refractivity contribution is 6.32.